The van der Waals surface area contributed by atoms with Gasteiger partial charge in [0, 0.05) is 45.9 Å². The maximum atomic E-state index is 12.4. The van der Waals surface area contributed by atoms with Gasteiger partial charge in [0.15, 0.2) is 0 Å². The number of thiophene rings is 1. The molecule has 0 aliphatic rings. The van der Waals surface area contributed by atoms with Crippen molar-refractivity contribution in [3.8, 4) is 0 Å². The standard InChI is InChI=1S/C23H21ClN2OS/c24-21-9-3-1-7-17(21)19(20-14-25-22-10-4-2-8-18(20)22)15-26-23(27)12-11-16-6-5-13-28-16/h1-10,13-14,19,25H,11-12,15H2,(H,26,27). The molecule has 0 saturated heterocycles. The van der Waals surface area contributed by atoms with E-state index < -0.39 is 0 Å². The number of aromatic nitrogens is 1. The highest BCUT2D eigenvalue weighted by Crippen LogP contribution is 2.34. The number of nitrogens with one attached hydrogen (secondary N) is 2. The van der Waals surface area contributed by atoms with Gasteiger partial charge in [-0.25, -0.2) is 0 Å². The summed E-state index contributed by atoms with van der Waals surface area (Å²) >= 11 is 8.20. The first-order valence-corrected chi connectivity index (χ1v) is 10.6. The van der Waals surface area contributed by atoms with Gasteiger partial charge in [0.1, 0.15) is 0 Å². The minimum atomic E-state index is -0.0180. The van der Waals surface area contributed by atoms with E-state index in [0.29, 0.717) is 18.0 Å². The fraction of sp³-hybridized carbons (Fsp3) is 0.174. The molecule has 5 heteroatoms. The molecular weight excluding hydrogens is 388 g/mol. The molecule has 4 aromatic rings. The van der Waals surface area contributed by atoms with Crippen LogP contribution in [0.4, 0.5) is 0 Å². The minimum absolute atomic E-state index is 0.0180. The Morgan fingerprint density at radius 3 is 2.68 bits per heavy atom. The number of rotatable bonds is 7. The van der Waals surface area contributed by atoms with Crippen LogP contribution in [0.2, 0.25) is 5.02 Å². The molecule has 2 aromatic carbocycles. The second-order valence-corrected chi connectivity index (χ2v) is 8.19. The van der Waals surface area contributed by atoms with Crippen molar-refractivity contribution < 1.29 is 4.79 Å². The molecular formula is C23H21ClN2OS. The van der Waals surface area contributed by atoms with E-state index in [0.717, 1.165) is 28.5 Å². The van der Waals surface area contributed by atoms with E-state index in [1.165, 1.54) is 4.88 Å². The number of aromatic amines is 1. The molecule has 0 saturated carbocycles. The fourth-order valence-electron chi connectivity index (χ4n) is 3.52. The van der Waals surface area contributed by atoms with Crippen LogP contribution in [0.15, 0.2) is 72.2 Å². The molecule has 1 amide bonds. The number of carbonyl (C=O) groups is 1. The van der Waals surface area contributed by atoms with Gasteiger partial charge >= 0.3 is 0 Å². The highest BCUT2D eigenvalue weighted by atomic mass is 35.5. The molecule has 2 heterocycles. The van der Waals surface area contributed by atoms with Gasteiger partial charge in [-0.05, 0) is 41.1 Å². The van der Waals surface area contributed by atoms with Crippen molar-refractivity contribution in [2.24, 2.45) is 0 Å². The highest BCUT2D eigenvalue weighted by Gasteiger charge is 2.21. The normalized spacial score (nSPS) is 12.2. The summed E-state index contributed by atoms with van der Waals surface area (Å²) in [5, 5.41) is 7.02. The Labute approximate surface area is 173 Å². The van der Waals surface area contributed by atoms with Crippen molar-refractivity contribution in [1.29, 1.82) is 0 Å². The van der Waals surface area contributed by atoms with Crippen LogP contribution >= 0.6 is 22.9 Å². The lowest BCUT2D eigenvalue weighted by molar-refractivity contribution is -0.121. The summed E-state index contributed by atoms with van der Waals surface area (Å²) in [6.45, 7) is 0.509. The Hall–Kier alpha value is -2.56. The van der Waals surface area contributed by atoms with Gasteiger partial charge in [-0.3, -0.25) is 4.79 Å². The molecule has 1 unspecified atom stereocenters. The Bertz CT molecular complexity index is 1070. The topological polar surface area (TPSA) is 44.9 Å². The first-order chi connectivity index (χ1) is 13.7. The van der Waals surface area contributed by atoms with Crippen molar-refractivity contribution in [3.63, 3.8) is 0 Å². The summed E-state index contributed by atoms with van der Waals surface area (Å²) in [6.07, 6.45) is 3.29. The number of hydrogen-bond acceptors (Lipinski definition) is 2. The molecule has 2 N–H and O–H groups in total. The van der Waals surface area contributed by atoms with Gasteiger partial charge in [0.05, 0.1) is 0 Å². The Kier molecular flexibility index (Phi) is 5.79. The van der Waals surface area contributed by atoms with Crippen LogP contribution in [0.5, 0.6) is 0 Å². The molecule has 28 heavy (non-hydrogen) atoms. The number of halogens is 1. The third kappa shape index (κ3) is 4.13. The zero-order valence-electron chi connectivity index (χ0n) is 15.3. The number of aryl methyl sites for hydroxylation is 1. The lowest BCUT2D eigenvalue weighted by Gasteiger charge is -2.19. The number of benzene rings is 2. The van der Waals surface area contributed by atoms with Crippen LogP contribution < -0.4 is 5.32 Å². The monoisotopic (exact) mass is 408 g/mol. The predicted octanol–water partition coefficient (Wildman–Crippen LogP) is 5.76. The molecule has 0 spiro atoms. The largest absolute Gasteiger partial charge is 0.361 e. The van der Waals surface area contributed by atoms with E-state index in [4.69, 9.17) is 11.6 Å². The van der Waals surface area contributed by atoms with E-state index in [2.05, 4.69) is 28.5 Å². The number of para-hydroxylation sites is 1. The molecule has 3 nitrogen and oxygen atoms in total. The van der Waals surface area contributed by atoms with Gasteiger partial charge in [0.25, 0.3) is 0 Å². The zero-order chi connectivity index (χ0) is 19.3. The van der Waals surface area contributed by atoms with Crippen LogP contribution in [0.25, 0.3) is 10.9 Å². The van der Waals surface area contributed by atoms with Crippen molar-refractivity contribution in [2.45, 2.75) is 18.8 Å². The molecule has 142 valence electrons. The van der Waals surface area contributed by atoms with Gasteiger partial charge in [-0.2, -0.15) is 0 Å². The number of carbonyl (C=O) groups excluding carboxylic acids is 1. The van der Waals surface area contributed by atoms with Gasteiger partial charge in [-0.1, -0.05) is 54.1 Å². The fourth-order valence-corrected chi connectivity index (χ4v) is 4.50. The SMILES string of the molecule is O=C(CCc1cccs1)NCC(c1ccccc1Cl)c1c[nH]c2ccccc12. The summed E-state index contributed by atoms with van der Waals surface area (Å²) in [4.78, 5) is 17.0. The van der Waals surface area contributed by atoms with E-state index in [9.17, 15) is 4.79 Å². The minimum Gasteiger partial charge on any atom is -0.361 e. The summed E-state index contributed by atoms with van der Waals surface area (Å²) in [6, 6.07) is 20.1. The first kappa shape index (κ1) is 18.8. The third-order valence-electron chi connectivity index (χ3n) is 4.96. The van der Waals surface area contributed by atoms with E-state index in [1.54, 1.807) is 11.3 Å². The molecule has 0 radical (unpaired) electrons. The van der Waals surface area contributed by atoms with Gasteiger partial charge < -0.3 is 10.3 Å². The lowest BCUT2D eigenvalue weighted by atomic mass is 9.90. The van der Waals surface area contributed by atoms with Crippen LogP contribution in [0.1, 0.15) is 28.3 Å². The highest BCUT2D eigenvalue weighted by molar-refractivity contribution is 7.09. The second kappa shape index (κ2) is 8.63. The van der Waals surface area contributed by atoms with E-state index in [-0.39, 0.29) is 11.8 Å². The summed E-state index contributed by atoms with van der Waals surface area (Å²) in [7, 11) is 0. The second-order valence-electron chi connectivity index (χ2n) is 6.75. The van der Waals surface area contributed by atoms with Gasteiger partial charge in [0.2, 0.25) is 5.91 Å². The van der Waals surface area contributed by atoms with E-state index in [1.807, 2.05) is 54.0 Å². The van der Waals surface area contributed by atoms with Crippen LogP contribution in [0.3, 0.4) is 0 Å². The number of hydrogen-bond donors (Lipinski definition) is 2. The summed E-state index contributed by atoms with van der Waals surface area (Å²) in [5.74, 6) is 0.0424. The van der Waals surface area contributed by atoms with Crippen molar-refractivity contribution >= 4 is 39.7 Å². The maximum absolute atomic E-state index is 12.4. The Morgan fingerprint density at radius 2 is 1.86 bits per heavy atom. The molecule has 0 bridgehead atoms. The van der Waals surface area contributed by atoms with Crippen LogP contribution in [-0.4, -0.2) is 17.4 Å². The number of amides is 1. The maximum Gasteiger partial charge on any atom is 0.220 e. The van der Waals surface area contributed by atoms with Crippen molar-refractivity contribution in [2.75, 3.05) is 6.54 Å². The van der Waals surface area contributed by atoms with E-state index >= 15 is 0 Å². The van der Waals surface area contributed by atoms with Crippen LogP contribution in [0, 0.1) is 0 Å². The smallest absolute Gasteiger partial charge is 0.220 e. The molecule has 1 atom stereocenters. The first-order valence-electron chi connectivity index (χ1n) is 9.32. The Morgan fingerprint density at radius 1 is 1.04 bits per heavy atom. The number of fused-ring (bicyclic) bond motifs is 1. The molecule has 0 fully saturated rings. The summed E-state index contributed by atoms with van der Waals surface area (Å²) in [5.41, 5.74) is 3.24. The van der Waals surface area contributed by atoms with Crippen LogP contribution in [-0.2, 0) is 11.2 Å². The summed E-state index contributed by atoms with van der Waals surface area (Å²) < 4.78 is 0. The number of H-pyrrole nitrogens is 1. The quantitative estimate of drug-likeness (QED) is 0.401. The average molecular weight is 409 g/mol. The Balaban J connectivity index is 1.55. The third-order valence-corrected chi connectivity index (χ3v) is 6.24. The van der Waals surface area contributed by atoms with Gasteiger partial charge in [-0.15, -0.1) is 11.3 Å². The molecule has 2 aromatic heterocycles. The molecule has 4 rings (SSSR count). The zero-order valence-corrected chi connectivity index (χ0v) is 16.9. The lowest BCUT2D eigenvalue weighted by Crippen LogP contribution is -2.29. The average Bonchev–Trinajstić information content (AvgIpc) is 3.38. The predicted molar refractivity (Wildman–Crippen MR) is 117 cm³/mol. The molecule has 0 aliphatic heterocycles. The van der Waals surface area contributed by atoms with Crippen molar-refractivity contribution in [3.05, 3.63) is 93.3 Å². The molecule has 0 aliphatic carbocycles. The van der Waals surface area contributed by atoms with Crippen molar-refractivity contribution in [1.82, 2.24) is 10.3 Å².